The van der Waals surface area contributed by atoms with E-state index in [2.05, 4.69) is 27.8 Å². The van der Waals surface area contributed by atoms with Gasteiger partial charge in [0.2, 0.25) is 11.8 Å². The zero-order valence-corrected chi connectivity index (χ0v) is 18.6. The van der Waals surface area contributed by atoms with Crippen LogP contribution in [0.15, 0.2) is 35.7 Å². The Morgan fingerprint density at radius 1 is 1.17 bits per heavy atom. The molecule has 162 valence electrons. The van der Waals surface area contributed by atoms with Crippen molar-refractivity contribution in [1.29, 1.82) is 0 Å². The van der Waals surface area contributed by atoms with Crippen LogP contribution in [-0.4, -0.2) is 44.4 Å². The predicted octanol–water partition coefficient (Wildman–Crippen LogP) is 3.40. The molecule has 0 radical (unpaired) electrons. The molecule has 3 rings (SSSR count). The molecule has 1 aliphatic rings. The summed E-state index contributed by atoms with van der Waals surface area (Å²) in [4.78, 5) is 25.6. The van der Waals surface area contributed by atoms with Gasteiger partial charge in [-0.25, -0.2) is 0 Å². The summed E-state index contributed by atoms with van der Waals surface area (Å²) in [6.07, 6.45) is 8.02. The van der Waals surface area contributed by atoms with Gasteiger partial charge in [0, 0.05) is 12.2 Å². The van der Waals surface area contributed by atoms with Gasteiger partial charge in [-0.15, -0.1) is 10.2 Å². The molecule has 0 unspecified atom stereocenters. The first-order chi connectivity index (χ1) is 14.5. The average molecular weight is 430 g/mol. The molecule has 1 heterocycles. The van der Waals surface area contributed by atoms with E-state index in [-0.39, 0.29) is 17.6 Å². The number of rotatable bonds is 9. The van der Waals surface area contributed by atoms with E-state index in [9.17, 15) is 9.59 Å². The topological polar surface area (TPSA) is 88.9 Å². The Kier molecular flexibility index (Phi) is 7.90. The summed E-state index contributed by atoms with van der Waals surface area (Å²) in [7, 11) is 0. The maximum absolute atomic E-state index is 12.9. The molecule has 0 bridgehead atoms. The quantitative estimate of drug-likeness (QED) is 0.471. The lowest BCUT2D eigenvalue weighted by Crippen LogP contribution is -2.60. The lowest BCUT2D eigenvalue weighted by Gasteiger charge is -2.36. The molecule has 1 saturated carbocycles. The van der Waals surface area contributed by atoms with Crippen LogP contribution in [0.5, 0.6) is 0 Å². The number of unbranched alkanes of at least 4 members (excludes halogenated alkanes) is 1. The monoisotopic (exact) mass is 429 g/mol. The molecule has 1 aromatic carbocycles. The third kappa shape index (κ3) is 5.62. The Morgan fingerprint density at radius 2 is 1.90 bits per heavy atom. The second-order valence-corrected chi connectivity index (χ2v) is 8.85. The van der Waals surface area contributed by atoms with Crippen molar-refractivity contribution in [3.05, 3.63) is 36.2 Å². The highest BCUT2D eigenvalue weighted by Crippen LogP contribution is 2.29. The van der Waals surface area contributed by atoms with Gasteiger partial charge in [0.05, 0.1) is 5.75 Å². The number of thioether (sulfide) groups is 1. The van der Waals surface area contributed by atoms with Crippen LogP contribution in [0.2, 0.25) is 0 Å². The van der Waals surface area contributed by atoms with Crippen LogP contribution < -0.4 is 10.6 Å². The molecule has 2 aromatic rings. The van der Waals surface area contributed by atoms with Gasteiger partial charge in [-0.05, 0) is 38.3 Å². The van der Waals surface area contributed by atoms with Crippen LogP contribution in [0.4, 0.5) is 0 Å². The normalized spacial score (nSPS) is 15.5. The smallest absolute Gasteiger partial charge is 0.245 e. The van der Waals surface area contributed by atoms with E-state index in [0.29, 0.717) is 24.5 Å². The van der Waals surface area contributed by atoms with Gasteiger partial charge in [0.25, 0.3) is 0 Å². The number of amides is 2. The third-order valence-corrected chi connectivity index (χ3v) is 6.44. The van der Waals surface area contributed by atoms with Gasteiger partial charge in [0.1, 0.15) is 11.9 Å². The largest absolute Gasteiger partial charge is 0.354 e. The van der Waals surface area contributed by atoms with Crippen LogP contribution in [0.1, 0.15) is 57.4 Å². The zero-order chi connectivity index (χ0) is 21.4. The molecular formula is C22H31N5O2S. The number of benzene rings is 1. The Hall–Kier alpha value is -2.35. The van der Waals surface area contributed by atoms with E-state index in [4.69, 9.17) is 0 Å². The summed E-state index contributed by atoms with van der Waals surface area (Å²) in [5.41, 5.74) is 1.34. The van der Waals surface area contributed by atoms with Crippen molar-refractivity contribution in [2.45, 2.75) is 69.5 Å². The highest BCUT2D eigenvalue weighted by molar-refractivity contribution is 7.99. The molecule has 1 fully saturated rings. The minimum absolute atomic E-state index is 0.0446. The number of hydrogen-bond acceptors (Lipinski definition) is 5. The summed E-state index contributed by atoms with van der Waals surface area (Å²) in [6, 6.07) is 8.06. The van der Waals surface area contributed by atoms with Gasteiger partial charge in [-0.3, -0.25) is 14.2 Å². The van der Waals surface area contributed by atoms with Gasteiger partial charge in [0.15, 0.2) is 5.16 Å². The summed E-state index contributed by atoms with van der Waals surface area (Å²) in [5, 5.41) is 14.9. The molecule has 7 nitrogen and oxygen atoms in total. The minimum atomic E-state index is -0.783. The van der Waals surface area contributed by atoms with Crippen molar-refractivity contribution >= 4 is 23.6 Å². The van der Waals surface area contributed by atoms with Crippen molar-refractivity contribution in [3.8, 4) is 5.69 Å². The molecule has 0 atom stereocenters. The van der Waals surface area contributed by atoms with E-state index in [1.54, 1.807) is 6.33 Å². The third-order valence-electron chi connectivity index (χ3n) is 5.50. The Labute approximate surface area is 182 Å². The Morgan fingerprint density at radius 3 is 2.60 bits per heavy atom. The maximum Gasteiger partial charge on any atom is 0.245 e. The van der Waals surface area contributed by atoms with Gasteiger partial charge in [-0.1, -0.05) is 62.1 Å². The molecule has 8 heteroatoms. The van der Waals surface area contributed by atoms with Crippen molar-refractivity contribution < 1.29 is 9.59 Å². The predicted molar refractivity (Wildman–Crippen MR) is 119 cm³/mol. The lowest BCUT2D eigenvalue weighted by molar-refractivity contribution is -0.134. The minimum Gasteiger partial charge on any atom is -0.354 e. The van der Waals surface area contributed by atoms with E-state index in [1.165, 1.54) is 17.3 Å². The van der Waals surface area contributed by atoms with Crippen LogP contribution in [0.3, 0.4) is 0 Å². The van der Waals surface area contributed by atoms with Crippen LogP contribution in [0, 0.1) is 6.92 Å². The van der Waals surface area contributed by atoms with Crippen molar-refractivity contribution in [2.24, 2.45) is 0 Å². The second-order valence-electron chi connectivity index (χ2n) is 7.91. The van der Waals surface area contributed by atoms with Crippen LogP contribution >= 0.6 is 11.8 Å². The van der Waals surface area contributed by atoms with Gasteiger partial charge >= 0.3 is 0 Å². The summed E-state index contributed by atoms with van der Waals surface area (Å²) in [6.45, 7) is 4.79. The average Bonchev–Trinajstić information content (AvgIpc) is 3.22. The number of carbonyl (C=O) groups excluding carboxylic acids is 2. The van der Waals surface area contributed by atoms with E-state index in [1.807, 2.05) is 35.8 Å². The maximum atomic E-state index is 12.9. The SMILES string of the molecule is CCCCNC(=O)C1(NC(=O)CSc2nncn2-c2ccc(C)cc2)CCCCC1. The number of aryl methyl sites for hydroxylation is 1. The standard InChI is InChI=1S/C22H31N5O2S/c1-3-4-14-23-20(29)22(12-6-5-7-13-22)25-19(28)15-30-21-26-24-16-27(21)18-10-8-17(2)9-11-18/h8-11,16H,3-7,12-15H2,1-2H3,(H,23,29)(H,25,28). The summed E-state index contributed by atoms with van der Waals surface area (Å²) < 4.78 is 1.87. The number of nitrogens with zero attached hydrogens (tertiary/aromatic N) is 3. The Balaban J connectivity index is 1.62. The molecule has 0 aliphatic heterocycles. The molecule has 1 aromatic heterocycles. The first-order valence-electron chi connectivity index (χ1n) is 10.7. The highest BCUT2D eigenvalue weighted by Gasteiger charge is 2.40. The first kappa shape index (κ1) is 22.3. The lowest BCUT2D eigenvalue weighted by atomic mass is 9.80. The van der Waals surface area contributed by atoms with Crippen LogP contribution in [-0.2, 0) is 9.59 Å². The number of carbonyl (C=O) groups is 2. The fraction of sp³-hybridized carbons (Fsp3) is 0.545. The molecule has 2 amide bonds. The second kappa shape index (κ2) is 10.6. The molecule has 0 saturated heterocycles. The molecule has 30 heavy (non-hydrogen) atoms. The van der Waals surface area contributed by atoms with Crippen molar-refractivity contribution in [1.82, 2.24) is 25.4 Å². The molecule has 2 N–H and O–H groups in total. The van der Waals surface area contributed by atoms with Gasteiger partial charge < -0.3 is 10.6 Å². The fourth-order valence-corrected chi connectivity index (χ4v) is 4.48. The molecule has 0 spiro atoms. The fourth-order valence-electron chi connectivity index (χ4n) is 3.75. The van der Waals surface area contributed by atoms with Crippen molar-refractivity contribution in [3.63, 3.8) is 0 Å². The molecule has 1 aliphatic carbocycles. The van der Waals surface area contributed by atoms with Crippen LogP contribution in [0.25, 0.3) is 5.69 Å². The highest BCUT2D eigenvalue weighted by atomic mass is 32.2. The zero-order valence-electron chi connectivity index (χ0n) is 17.8. The van der Waals surface area contributed by atoms with E-state index in [0.717, 1.165) is 37.8 Å². The van der Waals surface area contributed by atoms with E-state index >= 15 is 0 Å². The first-order valence-corrected chi connectivity index (χ1v) is 11.7. The number of aromatic nitrogens is 3. The molecular weight excluding hydrogens is 398 g/mol. The van der Waals surface area contributed by atoms with Crippen molar-refractivity contribution in [2.75, 3.05) is 12.3 Å². The summed E-state index contributed by atoms with van der Waals surface area (Å²) in [5.74, 6) is -0.00280. The van der Waals surface area contributed by atoms with Gasteiger partial charge in [-0.2, -0.15) is 0 Å². The van der Waals surface area contributed by atoms with E-state index < -0.39 is 5.54 Å². The summed E-state index contributed by atoms with van der Waals surface area (Å²) >= 11 is 1.33. The number of nitrogens with one attached hydrogen (secondary N) is 2. The number of hydrogen-bond donors (Lipinski definition) is 2. The Bertz CT molecular complexity index is 843.